The Morgan fingerprint density at radius 1 is 1.71 bits per heavy atom. The summed E-state index contributed by atoms with van der Waals surface area (Å²) < 4.78 is 5.69. The molecular formula is C9H12BrNO2S. The lowest BCUT2D eigenvalue weighted by Crippen LogP contribution is -2.31. The van der Waals surface area contributed by atoms with Crippen LogP contribution in [0.3, 0.4) is 0 Å². The average molecular weight is 278 g/mol. The first-order valence-corrected chi connectivity index (χ1v) is 5.90. The Balaban J connectivity index is 2.61. The maximum Gasteiger partial charge on any atom is 0.181 e. The van der Waals surface area contributed by atoms with E-state index in [0.29, 0.717) is 18.6 Å². The number of thiophene rings is 1. The maximum atomic E-state index is 11.7. The van der Waals surface area contributed by atoms with E-state index in [1.54, 1.807) is 12.5 Å². The van der Waals surface area contributed by atoms with E-state index < -0.39 is 6.04 Å². The first-order valence-electron chi connectivity index (χ1n) is 4.17. The lowest BCUT2D eigenvalue weighted by Gasteiger charge is -2.08. The van der Waals surface area contributed by atoms with E-state index in [0.717, 1.165) is 4.47 Å². The van der Waals surface area contributed by atoms with Crippen LogP contribution >= 0.6 is 27.3 Å². The monoisotopic (exact) mass is 277 g/mol. The van der Waals surface area contributed by atoms with Crippen LogP contribution in [0.2, 0.25) is 0 Å². The number of ketones is 1. The highest BCUT2D eigenvalue weighted by Crippen LogP contribution is 2.22. The van der Waals surface area contributed by atoms with Gasteiger partial charge in [0.1, 0.15) is 0 Å². The minimum atomic E-state index is -0.471. The number of rotatable bonds is 5. The van der Waals surface area contributed by atoms with Crippen molar-refractivity contribution in [3.8, 4) is 0 Å². The van der Waals surface area contributed by atoms with Gasteiger partial charge in [0, 0.05) is 34.5 Å². The molecule has 3 nitrogen and oxygen atoms in total. The zero-order valence-electron chi connectivity index (χ0n) is 7.83. The summed E-state index contributed by atoms with van der Waals surface area (Å²) in [6, 6.07) is -0.471. The molecule has 0 aliphatic heterocycles. The van der Waals surface area contributed by atoms with Crippen LogP contribution in [0.5, 0.6) is 0 Å². The molecule has 0 aliphatic carbocycles. The Morgan fingerprint density at radius 2 is 2.43 bits per heavy atom. The molecule has 1 aromatic rings. The Kier molecular flexibility index (Phi) is 4.74. The quantitative estimate of drug-likeness (QED) is 0.839. The molecule has 1 unspecified atom stereocenters. The Labute approximate surface area is 95.4 Å². The molecule has 1 atom stereocenters. The molecule has 2 N–H and O–H groups in total. The summed E-state index contributed by atoms with van der Waals surface area (Å²) in [5, 5.41) is 3.68. The molecule has 78 valence electrons. The van der Waals surface area contributed by atoms with Crippen LogP contribution in [-0.4, -0.2) is 25.5 Å². The van der Waals surface area contributed by atoms with Crippen molar-refractivity contribution < 1.29 is 9.53 Å². The SMILES string of the molecule is COCCC(N)C(=O)c1cscc1Br. The van der Waals surface area contributed by atoms with Crippen LogP contribution in [0.1, 0.15) is 16.8 Å². The fourth-order valence-electron chi connectivity index (χ4n) is 1.03. The third-order valence-electron chi connectivity index (χ3n) is 1.85. The Morgan fingerprint density at radius 3 is 2.93 bits per heavy atom. The largest absolute Gasteiger partial charge is 0.385 e. The number of carbonyl (C=O) groups excluding carboxylic acids is 1. The zero-order chi connectivity index (χ0) is 10.6. The van der Waals surface area contributed by atoms with Crippen LogP contribution < -0.4 is 5.73 Å². The van der Waals surface area contributed by atoms with Crippen LogP contribution in [0.4, 0.5) is 0 Å². The molecule has 14 heavy (non-hydrogen) atoms. The first kappa shape index (κ1) is 11.8. The van der Waals surface area contributed by atoms with E-state index in [2.05, 4.69) is 15.9 Å². The minimum absolute atomic E-state index is 0.0322. The molecule has 0 spiro atoms. The van der Waals surface area contributed by atoms with Gasteiger partial charge < -0.3 is 10.5 Å². The van der Waals surface area contributed by atoms with Gasteiger partial charge in [0.2, 0.25) is 0 Å². The standard InChI is InChI=1S/C9H12BrNO2S/c1-13-3-2-8(11)9(12)6-4-14-5-7(6)10/h4-5,8H,2-3,11H2,1H3. The van der Waals surface area contributed by atoms with Crippen molar-refractivity contribution in [2.24, 2.45) is 5.73 Å². The second-order valence-corrected chi connectivity index (χ2v) is 4.48. The van der Waals surface area contributed by atoms with Gasteiger partial charge in [0.25, 0.3) is 0 Å². The van der Waals surface area contributed by atoms with E-state index in [1.807, 2.05) is 5.38 Å². The molecule has 0 amide bonds. The molecule has 0 saturated carbocycles. The number of nitrogens with two attached hydrogens (primary N) is 1. The first-order chi connectivity index (χ1) is 6.66. The minimum Gasteiger partial charge on any atom is -0.385 e. The lowest BCUT2D eigenvalue weighted by atomic mass is 10.1. The number of ether oxygens (including phenoxy) is 1. The van der Waals surface area contributed by atoms with Crippen molar-refractivity contribution >= 4 is 33.0 Å². The number of methoxy groups -OCH3 is 1. The van der Waals surface area contributed by atoms with Crippen LogP contribution in [-0.2, 0) is 4.74 Å². The van der Waals surface area contributed by atoms with Gasteiger partial charge in [-0.15, -0.1) is 0 Å². The van der Waals surface area contributed by atoms with Gasteiger partial charge >= 0.3 is 0 Å². The molecule has 5 heteroatoms. The van der Waals surface area contributed by atoms with Crippen LogP contribution in [0.25, 0.3) is 0 Å². The number of Topliss-reactive ketones (excluding diaryl/α,β-unsaturated/α-hetero) is 1. The third-order valence-corrected chi connectivity index (χ3v) is 3.55. The summed E-state index contributed by atoms with van der Waals surface area (Å²) in [5.74, 6) is -0.0322. The second kappa shape index (κ2) is 5.60. The summed E-state index contributed by atoms with van der Waals surface area (Å²) in [6.07, 6.45) is 0.553. The predicted molar refractivity (Wildman–Crippen MR) is 60.8 cm³/mol. The van der Waals surface area contributed by atoms with Crippen LogP contribution in [0.15, 0.2) is 15.2 Å². The highest BCUT2D eigenvalue weighted by molar-refractivity contribution is 9.10. The molecule has 1 rings (SSSR count). The second-order valence-electron chi connectivity index (χ2n) is 2.89. The lowest BCUT2D eigenvalue weighted by molar-refractivity contribution is 0.0935. The summed E-state index contributed by atoms with van der Waals surface area (Å²) in [5.41, 5.74) is 6.38. The summed E-state index contributed by atoms with van der Waals surface area (Å²) in [4.78, 5) is 11.7. The number of carbonyl (C=O) groups is 1. The fourth-order valence-corrected chi connectivity index (χ4v) is 2.51. The number of hydrogen-bond acceptors (Lipinski definition) is 4. The molecule has 1 aromatic heterocycles. The summed E-state index contributed by atoms with van der Waals surface area (Å²) >= 11 is 4.79. The highest BCUT2D eigenvalue weighted by Gasteiger charge is 2.18. The van der Waals surface area contributed by atoms with E-state index in [4.69, 9.17) is 10.5 Å². The van der Waals surface area contributed by atoms with E-state index in [-0.39, 0.29) is 5.78 Å². The Bertz CT molecular complexity index is 314. The van der Waals surface area contributed by atoms with E-state index in [9.17, 15) is 4.79 Å². The highest BCUT2D eigenvalue weighted by atomic mass is 79.9. The van der Waals surface area contributed by atoms with Gasteiger partial charge in [0.15, 0.2) is 5.78 Å². The van der Waals surface area contributed by atoms with E-state index in [1.165, 1.54) is 11.3 Å². The van der Waals surface area contributed by atoms with Gasteiger partial charge in [0.05, 0.1) is 6.04 Å². The topological polar surface area (TPSA) is 52.3 Å². The molecule has 1 heterocycles. The molecular weight excluding hydrogens is 266 g/mol. The smallest absolute Gasteiger partial charge is 0.181 e. The van der Waals surface area contributed by atoms with E-state index >= 15 is 0 Å². The molecule has 0 aromatic carbocycles. The number of halogens is 1. The van der Waals surface area contributed by atoms with Crippen molar-refractivity contribution in [1.29, 1.82) is 0 Å². The molecule has 0 fully saturated rings. The summed E-state index contributed by atoms with van der Waals surface area (Å²) in [6.45, 7) is 0.509. The molecule has 0 aliphatic rings. The Hall–Kier alpha value is -0.230. The molecule has 0 radical (unpaired) electrons. The van der Waals surface area contributed by atoms with Crippen molar-refractivity contribution in [1.82, 2.24) is 0 Å². The van der Waals surface area contributed by atoms with Crippen molar-refractivity contribution in [2.45, 2.75) is 12.5 Å². The molecule has 0 saturated heterocycles. The normalized spacial score (nSPS) is 12.8. The van der Waals surface area contributed by atoms with Gasteiger partial charge in [-0.1, -0.05) is 0 Å². The summed E-state index contributed by atoms with van der Waals surface area (Å²) in [7, 11) is 1.59. The zero-order valence-corrected chi connectivity index (χ0v) is 10.2. The number of hydrogen-bond donors (Lipinski definition) is 1. The van der Waals surface area contributed by atoms with Gasteiger partial charge in [-0.05, 0) is 22.4 Å². The molecule has 0 bridgehead atoms. The predicted octanol–water partition coefficient (Wildman–Crippen LogP) is 2.06. The fraction of sp³-hybridized carbons (Fsp3) is 0.444. The maximum absolute atomic E-state index is 11.7. The van der Waals surface area contributed by atoms with Crippen molar-refractivity contribution in [2.75, 3.05) is 13.7 Å². The van der Waals surface area contributed by atoms with Gasteiger partial charge in [-0.25, -0.2) is 0 Å². The third kappa shape index (κ3) is 2.88. The van der Waals surface area contributed by atoms with Crippen molar-refractivity contribution in [3.63, 3.8) is 0 Å². The van der Waals surface area contributed by atoms with Gasteiger partial charge in [-0.2, -0.15) is 11.3 Å². The average Bonchev–Trinajstić information content (AvgIpc) is 2.59. The van der Waals surface area contributed by atoms with Crippen LogP contribution in [0, 0.1) is 0 Å². The van der Waals surface area contributed by atoms with Crippen molar-refractivity contribution in [3.05, 3.63) is 20.8 Å². The van der Waals surface area contributed by atoms with Gasteiger partial charge in [-0.3, -0.25) is 4.79 Å².